The summed E-state index contributed by atoms with van der Waals surface area (Å²) in [4.78, 5) is 36.7. The van der Waals surface area contributed by atoms with E-state index in [9.17, 15) is 14.4 Å². The molecule has 0 radical (unpaired) electrons. The maximum Gasteiger partial charge on any atom is 0.251 e. The second-order valence-corrected chi connectivity index (χ2v) is 7.23. The van der Waals surface area contributed by atoms with Crippen LogP contribution in [0.4, 0.5) is 0 Å². The van der Waals surface area contributed by atoms with Crippen molar-refractivity contribution in [2.75, 3.05) is 13.7 Å². The van der Waals surface area contributed by atoms with Crippen LogP contribution < -0.4 is 16.2 Å². The number of amides is 2. The summed E-state index contributed by atoms with van der Waals surface area (Å²) in [5, 5.41) is 16.1. The molecule has 1 fully saturated rings. The number of nitrogens with zero attached hydrogens (tertiary/aromatic N) is 3. The molecule has 0 spiro atoms. The van der Waals surface area contributed by atoms with Crippen molar-refractivity contribution in [2.45, 2.75) is 37.8 Å². The van der Waals surface area contributed by atoms with E-state index in [1.807, 2.05) is 0 Å². The fourth-order valence-corrected chi connectivity index (χ4v) is 3.54. The highest BCUT2D eigenvalue weighted by molar-refractivity contribution is 5.94. The maximum atomic E-state index is 12.5. The molecule has 0 aliphatic heterocycles. The van der Waals surface area contributed by atoms with Crippen LogP contribution in [0, 0.1) is 5.92 Å². The second kappa shape index (κ2) is 9.46. The Morgan fingerprint density at radius 3 is 2.90 bits per heavy atom. The predicted molar refractivity (Wildman–Crippen MR) is 104 cm³/mol. The molecule has 0 saturated heterocycles. The van der Waals surface area contributed by atoms with Crippen LogP contribution in [0.2, 0.25) is 0 Å². The van der Waals surface area contributed by atoms with E-state index in [0.717, 1.165) is 5.69 Å². The molecule has 10 nitrogen and oxygen atoms in total. The lowest BCUT2D eigenvalue weighted by molar-refractivity contribution is -0.127. The number of methoxy groups -OCH3 is 1. The minimum atomic E-state index is -0.315. The van der Waals surface area contributed by atoms with Gasteiger partial charge in [-0.15, -0.1) is 0 Å². The van der Waals surface area contributed by atoms with Crippen molar-refractivity contribution in [1.29, 1.82) is 0 Å². The van der Waals surface area contributed by atoms with Crippen molar-refractivity contribution in [3.05, 3.63) is 46.1 Å². The van der Waals surface area contributed by atoms with Crippen molar-refractivity contribution < 1.29 is 14.3 Å². The van der Waals surface area contributed by atoms with E-state index in [-0.39, 0.29) is 35.4 Å². The molecule has 1 aliphatic rings. The molecule has 3 atom stereocenters. The first kappa shape index (κ1) is 20.7. The lowest BCUT2D eigenvalue weighted by Crippen LogP contribution is -2.50. The Hall–Kier alpha value is -3.01. The second-order valence-electron chi connectivity index (χ2n) is 7.23. The normalized spacial score (nSPS) is 21.5. The van der Waals surface area contributed by atoms with Gasteiger partial charge in [0.2, 0.25) is 5.91 Å². The number of rotatable bonds is 7. The van der Waals surface area contributed by atoms with Crippen LogP contribution >= 0.6 is 0 Å². The minimum Gasteiger partial charge on any atom is -0.379 e. The quantitative estimate of drug-likeness (QED) is 0.587. The largest absolute Gasteiger partial charge is 0.379 e. The first-order valence-electron chi connectivity index (χ1n) is 9.60. The summed E-state index contributed by atoms with van der Waals surface area (Å²) in [5.74, 6) is -0.508. The SMILES string of the molecule is CO[C@H]1C[C@@H](C(=O)NCCc2cn[nH]n2)CC[C@@H]1NC(=O)c1ccn(C)c(=O)c1. The number of carbonyl (C=O) groups is 2. The Morgan fingerprint density at radius 2 is 2.21 bits per heavy atom. The number of nitrogens with one attached hydrogen (secondary N) is 3. The van der Waals surface area contributed by atoms with Gasteiger partial charge in [0.05, 0.1) is 24.0 Å². The number of aryl methyl sites for hydroxylation is 1. The van der Waals surface area contributed by atoms with Gasteiger partial charge in [0.1, 0.15) is 0 Å². The van der Waals surface area contributed by atoms with E-state index >= 15 is 0 Å². The van der Waals surface area contributed by atoms with E-state index in [1.54, 1.807) is 32.6 Å². The number of hydrogen-bond acceptors (Lipinski definition) is 6. The van der Waals surface area contributed by atoms with E-state index in [2.05, 4.69) is 26.0 Å². The number of aromatic amines is 1. The van der Waals surface area contributed by atoms with E-state index in [1.165, 1.54) is 10.6 Å². The molecule has 2 aromatic heterocycles. The zero-order valence-corrected chi connectivity index (χ0v) is 16.6. The molecule has 1 aliphatic carbocycles. The van der Waals surface area contributed by atoms with Gasteiger partial charge in [-0.05, 0) is 25.3 Å². The van der Waals surface area contributed by atoms with Gasteiger partial charge in [0.25, 0.3) is 11.5 Å². The first-order valence-corrected chi connectivity index (χ1v) is 9.60. The Balaban J connectivity index is 1.51. The summed E-state index contributed by atoms with van der Waals surface area (Å²) in [6.45, 7) is 0.489. The molecule has 0 bridgehead atoms. The average Bonchev–Trinajstić information content (AvgIpc) is 3.23. The molecule has 2 amide bonds. The van der Waals surface area contributed by atoms with E-state index < -0.39 is 0 Å². The van der Waals surface area contributed by atoms with Crippen LogP contribution in [0.15, 0.2) is 29.3 Å². The third-order valence-corrected chi connectivity index (χ3v) is 5.29. The van der Waals surface area contributed by atoms with Crippen LogP contribution in [0.5, 0.6) is 0 Å². The fraction of sp³-hybridized carbons (Fsp3) is 0.526. The highest BCUT2D eigenvalue weighted by atomic mass is 16.5. The van der Waals surface area contributed by atoms with E-state index in [4.69, 9.17) is 4.74 Å². The summed E-state index contributed by atoms with van der Waals surface area (Å²) in [6, 6.07) is 2.70. The number of H-pyrrole nitrogens is 1. The monoisotopic (exact) mass is 402 g/mol. The van der Waals surface area contributed by atoms with Crippen LogP contribution in [0.3, 0.4) is 0 Å². The van der Waals surface area contributed by atoms with Gasteiger partial charge in [-0.2, -0.15) is 15.4 Å². The van der Waals surface area contributed by atoms with Gasteiger partial charge in [0, 0.05) is 50.9 Å². The minimum absolute atomic E-state index is 0.0214. The van der Waals surface area contributed by atoms with Gasteiger partial charge in [-0.3, -0.25) is 14.4 Å². The molecule has 29 heavy (non-hydrogen) atoms. The number of aromatic nitrogens is 4. The molecule has 10 heteroatoms. The average molecular weight is 402 g/mol. The van der Waals surface area contributed by atoms with Gasteiger partial charge in [0.15, 0.2) is 0 Å². The summed E-state index contributed by atoms with van der Waals surface area (Å²) < 4.78 is 6.95. The van der Waals surface area contributed by atoms with Crippen LogP contribution in [0.1, 0.15) is 35.3 Å². The van der Waals surface area contributed by atoms with Crippen molar-refractivity contribution in [2.24, 2.45) is 13.0 Å². The highest BCUT2D eigenvalue weighted by Gasteiger charge is 2.35. The summed E-state index contributed by atoms with van der Waals surface area (Å²) in [5.41, 5.74) is 0.866. The first-order chi connectivity index (χ1) is 14.0. The van der Waals surface area contributed by atoms with Crippen LogP contribution in [-0.4, -0.2) is 57.6 Å². The maximum absolute atomic E-state index is 12.5. The molecule has 3 N–H and O–H groups in total. The van der Waals surface area contributed by atoms with Gasteiger partial charge < -0.3 is 19.9 Å². The molecule has 156 valence electrons. The van der Waals surface area contributed by atoms with Gasteiger partial charge >= 0.3 is 0 Å². The zero-order chi connectivity index (χ0) is 20.8. The molecule has 2 aromatic rings. The third-order valence-electron chi connectivity index (χ3n) is 5.29. The van der Waals surface area contributed by atoms with Crippen LogP contribution in [0.25, 0.3) is 0 Å². The number of carbonyl (C=O) groups excluding carboxylic acids is 2. The molecule has 0 unspecified atom stereocenters. The topological polar surface area (TPSA) is 131 Å². The Bertz CT molecular complexity index is 894. The molecule has 0 aromatic carbocycles. The Kier molecular flexibility index (Phi) is 6.76. The van der Waals surface area contributed by atoms with Gasteiger partial charge in [-0.1, -0.05) is 0 Å². The smallest absolute Gasteiger partial charge is 0.251 e. The van der Waals surface area contributed by atoms with Gasteiger partial charge in [-0.25, -0.2) is 0 Å². The van der Waals surface area contributed by atoms with Crippen molar-refractivity contribution in [1.82, 2.24) is 30.6 Å². The summed E-state index contributed by atoms with van der Waals surface area (Å²) in [6.07, 6.45) is 5.32. The van der Waals surface area contributed by atoms with Crippen molar-refractivity contribution >= 4 is 11.8 Å². The lowest BCUT2D eigenvalue weighted by atomic mass is 9.83. The van der Waals surface area contributed by atoms with E-state index in [0.29, 0.717) is 37.8 Å². The summed E-state index contributed by atoms with van der Waals surface area (Å²) in [7, 11) is 3.20. The Labute approximate surface area is 168 Å². The lowest BCUT2D eigenvalue weighted by Gasteiger charge is -2.35. The standard InChI is InChI=1S/C19H26N6O4/c1-25-8-6-13(10-17(25)26)19(28)22-15-4-3-12(9-16(15)29-2)18(27)20-7-5-14-11-21-24-23-14/h6,8,10-12,15-16H,3-5,7,9H2,1-2H3,(H,20,27)(H,22,28)(H,21,23,24)/t12-,15-,16-/m0/s1. The number of pyridine rings is 1. The molecule has 1 saturated carbocycles. The van der Waals surface area contributed by atoms with Crippen molar-refractivity contribution in [3.8, 4) is 0 Å². The zero-order valence-electron chi connectivity index (χ0n) is 16.6. The molecule has 2 heterocycles. The molecular weight excluding hydrogens is 376 g/mol. The molecule has 3 rings (SSSR count). The number of hydrogen-bond donors (Lipinski definition) is 3. The van der Waals surface area contributed by atoms with Crippen molar-refractivity contribution in [3.63, 3.8) is 0 Å². The summed E-state index contributed by atoms with van der Waals surface area (Å²) >= 11 is 0. The predicted octanol–water partition coefficient (Wildman–Crippen LogP) is -0.224. The molecular formula is C19H26N6O4. The fourth-order valence-electron chi connectivity index (χ4n) is 3.54. The third kappa shape index (κ3) is 5.29. The Morgan fingerprint density at radius 1 is 1.38 bits per heavy atom. The highest BCUT2D eigenvalue weighted by Crippen LogP contribution is 2.27. The van der Waals surface area contributed by atoms with Crippen LogP contribution in [-0.2, 0) is 23.0 Å². The number of ether oxygens (including phenoxy) is 1.